The van der Waals surface area contributed by atoms with Crippen molar-refractivity contribution in [2.75, 3.05) is 7.11 Å². The van der Waals surface area contributed by atoms with Crippen LogP contribution in [0.25, 0.3) is 6.08 Å². The van der Waals surface area contributed by atoms with Crippen molar-refractivity contribution in [1.82, 2.24) is 0 Å². The number of ether oxygens (including phenoxy) is 2. The van der Waals surface area contributed by atoms with Crippen molar-refractivity contribution < 1.29 is 19.1 Å². The second-order valence-electron chi connectivity index (χ2n) is 5.72. The zero-order valence-electron chi connectivity index (χ0n) is 12.4. The number of cyclic esters (lactones) is 2. The third kappa shape index (κ3) is 2.45. The van der Waals surface area contributed by atoms with E-state index in [0.29, 0.717) is 0 Å². The molecular weight excluding hydrogens is 280 g/mol. The van der Waals surface area contributed by atoms with E-state index in [4.69, 9.17) is 9.47 Å². The van der Waals surface area contributed by atoms with Gasteiger partial charge in [-0.05, 0) is 36.0 Å². The molecule has 0 radical (unpaired) electrons. The molecule has 1 saturated carbocycles. The van der Waals surface area contributed by atoms with E-state index in [1.54, 1.807) is 13.2 Å². The first-order valence-electron chi connectivity index (χ1n) is 7.34. The van der Waals surface area contributed by atoms with E-state index < -0.39 is 11.9 Å². The average molecular weight is 298 g/mol. The highest BCUT2D eigenvalue weighted by atomic mass is 16.6. The summed E-state index contributed by atoms with van der Waals surface area (Å²) in [6.45, 7) is 3.78. The topological polar surface area (TPSA) is 52.6 Å². The predicted molar refractivity (Wildman–Crippen MR) is 81.9 cm³/mol. The summed E-state index contributed by atoms with van der Waals surface area (Å²) in [6, 6.07) is 7.67. The Hall–Kier alpha value is -2.36. The molecule has 1 aliphatic heterocycles. The van der Waals surface area contributed by atoms with Crippen LogP contribution in [0, 0.1) is 23.7 Å². The molecule has 3 rings (SSSR count). The lowest BCUT2D eigenvalue weighted by molar-refractivity contribution is -0.154. The molecule has 4 heteroatoms. The van der Waals surface area contributed by atoms with Crippen molar-refractivity contribution in [3.05, 3.63) is 48.6 Å². The summed E-state index contributed by atoms with van der Waals surface area (Å²) in [6.07, 6.45) is 6.50. The molecule has 0 aromatic heterocycles. The smallest absolute Gasteiger partial charge is 0.318 e. The Morgan fingerprint density at radius 3 is 2.36 bits per heavy atom. The van der Waals surface area contributed by atoms with Crippen molar-refractivity contribution >= 4 is 18.0 Å². The Bertz CT molecular complexity index is 629. The van der Waals surface area contributed by atoms with E-state index in [0.717, 1.165) is 17.7 Å². The van der Waals surface area contributed by atoms with Crippen LogP contribution in [0.1, 0.15) is 12.0 Å². The van der Waals surface area contributed by atoms with Gasteiger partial charge in [-0.25, -0.2) is 0 Å². The number of carbonyl (C=O) groups excluding carboxylic acids is 2. The molecule has 4 unspecified atom stereocenters. The number of fused-ring (bicyclic) bond motifs is 1. The van der Waals surface area contributed by atoms with Crippen LogP contribution in [-0.2, 0) is 14.3 Å². The van der Waals surface area contributed by atoms with E-state index in [9.17, 15) is 9.59 Å². The first-order chi connectivity index (χ1) is 10.6. The molecule has 4 nitrogen and oxygen atoms in total. The zero-order chi connectivity index (χ0) is 15.7. The largest absolute Gasteiger partial charge is 0.497 e. The highest BCUT2D eigenvalue weighted by Crippen LogP contribution is 2.47. The maximum absolute atomic E-state index is 11.9. The van der Waals surface area contributed by atoms with Crippen LogP contribution in [0.3, 0.4) is 0 Å². The van der Waals surface area contributed by atoms with Crippen molar-refractivity contribution in [1.29, 1.82) is 0 Å². The van der Waals surface area contributed by atoms with Gasteiger partial charge in [-0.3, -0.25) is 9.59 Å². The highest BCUT2D eigenvalue weighted by molar-refractivity contribution is 5.97. The minimum Gasteiger partial charge on any atom is -0.497 e. The molecule has 1 heterocycles. The van der Waals surface area contributed by atoms with Crippen molar-refractivity contribution in [3.63, 3.8) is 0 Å². The third-order valence-corrected chi connectivity index (χ3v) is 4.55. The SMILES string of the molecule is C=CC1CC(C=Cc2ccc(OC)cc2)C2C(=O)OC(=O)C12. The molecule has 114 valence electrons. The summed E-state index contributed by atoms with van der Waals surface area (Å²) in [5.41, 5.74) is 1.03. The number of esters is 2. The van der Waals surface area contributed by atoms with Crippen molar-refractivity contribution in [2.45, 2.75) is 6.42 Å². The fraction of sp³-hybridized carbons (Fsp3) is 0.333. The second kappa shape index (κ2) is 5.79. The van der Waals surface area contributed by atoms with Gasteiger partial charge < -0.3 is 9.47 Å². The van der Waals surface area contributed by atoms with Gasteiger partial charge in [0.25, 0.3) is 0 Å². The standard InChI is InChI=1S/C18H18O4/c1-3-12-10-13(16-15(12)17(19)22-18(16)20)7-4-11-5-8-14(21-2)9-6-11/h3-9,12-13,15-16H,1,10H2,2H3. The molecule has 1 saturated heterocycles. The van der Waals surface area contributed by atoms with Crippen LogP contribution in [0.15, 0.2) is 43.0 Å². The minimum absolute atomic E-state index is 0.00838. The lowest BCUT2D eigenvalue weighted by atomic mass is 9.89. The summed E-state index contributed by atoms with van der Waals surface area (Å²) in [7, 11) is 1.63. The molecule has 1 aromatic carbocycles. The van der Waals surface area contributed by atoms with Gasteiger partial charge in [0.2, 0.25) is 0 Å². The zero-order valence-corrected chi connectivity index (χ0v) is 12.4. The molecule has 0 amide bonds. The summed E-state index contributed by atoms with van der Waals surface area (Å²) in [4.78, 5) is 23.7. The van der Waals surface area contributed by atoms with Gasteiger partial charge in [0.15, 0.2) is 0 Å². The molecule has 0 spiro atoms. The predicted octanol–water partition coefficient (Wildman–Crippen LogP) is 2.85. The number of allylic oxidation sites excluding steroid dienone is 2. The second-order valence-corrected chi connectivity index (χ2v) is 5.72. The molecule has 22 heavy (non-hydrogen) atoms. The maximum atomic E-state index is 11.9. The summed E-state index contributed by atoms with van der Waals surface area (Å²) >= 11 is 0. The molecule has 0 bridgehead atoms. The van der Waals surface area contributed by atoms with Crippen molar-refractivity contribution in [3.8, 4) is 5.75 Å². The van der Waals surface area contributed by atoms with Gasteiger partial charge in [-0.15, -0.1) is 6.58 Å². The number of methoxy groups -OCH3 is 1. The monoisotopic (exact) mass is 298 g/mol. The van der Waals surface area contributed by atoms with E-state index >= 15 is 0 Å². The third-order valence-electron chi connectivity index (χ3n) is 4.55. The molecule has 0 N–H and O–H groups in total. The number of hydrogen-bond donors (Lipinski definition) is 0. The van der Waals surface area contributed by atoms with Crippen LogP contribution in [0.2, 0.25) is 0 Å². The lowest BCUT2D eigenvalue weighted by Gasteiger charge is -2.09. The summed E-state index contributed by atoms with van der Waals surface area (Å²) in [5, 5.41) is 0. The van der Waals surface area contributed by atoms with Crippen LogP contribution < -0.4 is 4.74 Å². The molecule has 2 fully saturated rings. The van der Waals surface area contributed by atoms with Crippen LogP contribution in [0.4, 0.5) is 0 Å². The minimum atomic E-state index is -0.403. The van der Waals surface area contributed by atoms with E-state index in [-0.39, 0.29) is 23.7 Å². The highest BCUT2D eigenvalue weighted by Gasteiger charge is 2.55. The summed E-state index contributed by atoms with van der Waals surface area (Å²) in [5.74, 6) is -0.720. The fourth-order valence-corrected chi connectivity index (χ4v) is 3.41. The molecular formula is C18H18O4. The van der Waals surface area contributed by atoms with E-state index in [1.807, 2.05) is 36.4 Å². The summed E-state index contributed by atoms with van der Waals surface area (Å²) < 4.78 is 9.92. The lowest BCUT2D eigenvalue weighted by Crippen LogP contribution is -2.19. The van der Waals surface area contributed by atoms with Gasteiger partial charge in [-0.2, -0.15) is 0 Å². The number of benzene rings is 1. The first kappa shape index (κ1) is 14.6. The maximum Gasteiger partial charge on any atom is 0.318 e. The van der Waals surface area contributed by atoms with Gasteiger partial charge in [0.1, 0.15) is 5.75 Å². The Morgan fingerprint density at radius 2 is 1.77 bits per heavy atom. The average Bonchev–Trinajstić information content (AvgIpc) is 3.05. The Morgan fingerprint density at radius 1 is 1.14 bits per heavy atom. The molecule has 1 aliphatic carbocycles. The van der Waals surface area contributed by atoms with Gasteiger partial charge in [0, 0.05) is 0 Å². The normalized spacial score (nSPS) is 30.4. The van der Waals surface area contributed by atoms with Gasteiger partial charge in [0.05, 0.1) is 18.9 Å². The van der Waals surface area contributed by atoms with Crippen LogP contribution in [-0.4, -0.2) is 19.0 Å². The molecule has 4 atom stereocenters. The number of rotatable bonds is 4. The molecule has 2 aliphatic rings. The fourth-order valence-electron chi connectivity index (χ4n) is 3.41. The van der Waals surface area contributed by atoms with Crippen molar-refractivity contribution in [2.24, 2.45) is 23.7 Å². The number of hydrogen-bond acceptors (Lipinski definition) is 4. The van der Waals surface area contributed by atoms with Crippen LogP contribution in [0.5, 0.6) is 5.75 Å². The Kier molecular flexibility index (Phi) is 3.84. The van der Waals surface area contributed by atoms with Gasteiger partial charge in [-0.1, -0.05) is 30.4 Å². The van der Waals surface area contributed by atoms with E-state index in [1.165, 1.54) is 0 Å². The van der Waals surface area contributed by atoms with E-state index in [2.05, 4.69) is 6.58 Å². The van der Waals surface area contributed by atoms with Gasteiger partial charge >= 0.3 is 11.9 Å². The first-order valence-corrected chi connectivity index (χ1v) is 7.34. The number of carbonyl (C=O) groups is 2. The quantitative estimate of drug-likeness (QED) is 0.487. The Balaban J connectivity index is 1.79. The molecule has 1 aromatic rings. The Labute approximate surface area is 129 Å². The van der Waals surface area contributed by atoms with Crippen LogP contribution >= 0.6 is 0 Å².